The van der Waals surface area contributed by atoms with Gasteiger partial charge in [0, 0.05) is 6.04 Å². The van der Waals surface area contributed by atoms with Crippen LogP contribution in [-0.2, 0) is 10.2 Å². The summed E-state index contributed by atoms with van der Waals surface area (Å²) in [5.41, 5.74) is 2.30. The fraction of sp³-hybridized carbons (Fsp3) is 0.444. The lowest BCUT2D eigenvalue weighted by atomic mass is 9.87. The maximum Gasteiger partial charge on any atom is 0.293 e. The first kappa shape index (κ1) is 16.8. The molecule has 2 rings (SSSR count). The van der Waals surface area contributed by atoms with Crippen molar-refractivity contribution in [3.05, 3.63) is 40.3 Å². The number of hydrogen-bond acceptors (Lipinski definition) is 3. The van der Waals surface area contributed by atoms with Crippen LogP contribution in [-0.4, -0.2) is 22.1 Å². The van der Waals surface area contributed by atoms with Gasteiger partial charge in [0.1, 0.15) is 0 Å². The molecular formula is C18H23NO2S. The number of carbonyl (C=O) groups is 2. The average Bonchev–Trinajstić information content (AvgIpc) is 2.72. The number of rotatable bonds is 3. The first-order chi connectivity index (χ1) is 10.2. The van der Waals surface area contributed by atoms with Gasteiger partial charge < -0.3 is 0 Å². The lowest BCUT2D eigenvalue weighted by molar-refractivity contribution is -0.124. The van der Waals surface area contributed by atoms with Crippen LogP contribution < -0.4 is 0 Å². The molecule has 0 radical (unpaired) electrons. The van der Waals surface area contributed by atoms with E-state index in [0.29, 0.717) is 4.91 Å². The van der Waals surface area contributed by atoms with E-state index in [2.05, 4.69) is 32.9 Å². The van der Waals surface area contributed by atoms with Gasteiger partial charge in [0.2, 0.25) is 0 Å². The molecule has 2 amide bonds. The van der Waals surface area contributed by atoms with E-state index < -0.39 is 0 Å². The molecule has 1 fully saturated rings. The number of carbonyl (C=O) groups excluding carboxylic acids is 2. The van der Waals surface area contributed by atoms with E-state index in [1.165, 1.54) is 10.5 Å². The average molecular weight is 317 g/mol. The molecule has 1 aromatic rings. The highest BCUT2D eigenvalue weighted by Gasteiger charge is 2.37. The third-order valence-electron chi connectivity index (χ3n) is 3.93. The second-order valence-corrected chi connectivity index (χ2v) is 7.67. The Bertz CT molecular complexity index is 611. The van der Waals surface area contributed by atoms with Gasteiger partial charge in [0.25, 0.3) is 11.1 Å². The van der Waals surface area contributed by atoms with E-state index >= 15 is 0 Å². The summed E-state index contributed by atoms with van der Waals surface area (Å²) in [5.74, 6) is -0.177. The van der Waals surface area contributed by atoms with Crippen LogP contribution in [0.5, 0.6) is 0 Å². The van der Waals surface area contributed by atoms with Crippen LogP contribution in [0.2, 0.25) is 0 Å². The molecule has 1 aliphatic rings. The summed E-state index contributed by atoms with van der Waals surface area (Å²) < 4.78 is 0. The number of thioether (sulfide) groups is 1. The van der Waals surface area contributed by atoms with Crippen molar-refractivity contribution in [3.63, 3.8) is 0 Å². The van der Waals surface area contributed by atoms with Gasteiger partial charge in [0.15, 0.2) is 0 Å². The fourth-order valence-electron chi connectivity index (χ4n) is 2.27. The van der Waals surface area contributed by atoms with Crippen molar-refractivity contribution in [2.45, 2.75) is 52.5 Å². The molecule has 1 saturated heterocycles. The predicted octanol–water partition coefficient (Wildman–Crippen LogP) is 4.82. The SMILES string of the molecule is CC[C@H](C)N1C(=O)S/C(=C/c2ccc(C(C)(C)C)cc2)C1=O. The Morgan fingerprint density at radius 2 is 1.77 bits per heavy atom. The Morgan fingerprint density at radius 1 is 1.18 bits per heavy atom. The Labute approximate surface area is 136 Å². The second-order valence-electron chi connectivity index (χ2n) is 6.68. The number of hydrogen-bond donors (Lipinski definition) is 0. The molecule has 0 unspecified atom stereocenters. The van der Waals surface area contributed by atoms with Crippen LogP contribution in [0, 0.1) is 0 Å². The molecule has 1 heterocycles. The molecular weight excluding hydrogens is 294 g/mol. The number of imide groups is 1. The van der Waals surface area contributed by atoms with Crippen molar-refractivity contribution in [1.29, 1.82) is 0 Å². The summed E-state index contributed by atoms with van der Waals surface area (Å²) in [6.07, 6.45) is 2.57. The van der Waals surface area contributed by atoms with Crippen molar-refractivity contribution in [2.75, 3.05) is 0 Å². The normalized spacial score (nSPS) is 19.1. The minimum absolute atomic E-state index is 0.0540. The molecule has 4 heteroatoms. The van der Waals surface area contributed by atoms with Crippen LogP contribution in [0.15, 0.2) is 29.2 Å². The summed E-state index contributed by atoms with van der Waals surface area (Å²) in [7, 11) is 0. The fourth-order valence-corrected chi connectivity index (χ4v) is 3.20. The third-order valence-corrected chi connectivity index (χ3v) is 4.81. The zero-order chi connectivity index (χ0) is 16.5. The molecule has 0 spiro atoms. The molecule has 1 aromatic carbocycles. The van der Waals surface area contributed by atoms with Gasteiger partial charge in [-0.25, -0.2) is 0 Å². The van der Waals surface area contributed by atoms with Crippen LogP contribution >= 0.6 is 11.8 Å². The van der Waals surface area contributed by atoms with Crippen molar-refractivity contribution in [3.8, 4) is 0 Å². The Morgan fingerprint density at radius 3 is 2.27 bits per heavy atom. The molecule has 0 bridgehead atoms. The number of nitrogens with zero attached hydrogens (tertiary/aromatic N) is 1. The van der Waals surface area contributed by atoms with Crippen molar-refractivity contribution in [2.24, 2.45) is 0 Å². The van der Waals surface area contributed by atoms with Crippen LogP contribution in [0.3, 0.4) is 0 Å². The molecule has 22 heavy (non-hydrogen) atoms. The van der Waals surface area contributed by atoms with E-state index in [1.807, 2.05) is 26.0 Å². The molecule has 0 aliphatic carbocycles. The Balaban J connectivity index is 2.24. The highest BCUT2D eigenvalue weighted by atomic mass is 32.2. The van der Waals surface area contributed by atoms with Crippen LogP contribution in [0.25, 0.3) is 6.08 Å². The molecule has 0 N–H and O–H groups in total. The van der Waals surface area contributed by atoms with E-state index in [-0.39, 0.29) is 22.6 Å². The maximum atomic E-state index is 12.4. The highest BCUT2D eigenvalue weighted by molar-refractivity contribution is 8.18. The monoisotopic (exact) mass is 317 g/mol. The van der Waals surface area contributed by atoms with Gasteiger partial charge in [-0.2, -0.15) is 0 Å². The minimum atomic E-state index is -0.177. The van der Waals surface area contributed by atoms with Gasteiger partial charge in [0.05, 0.1) is 4.91 Å². The summed E-state index contributed by atoms with van der Waals surface area (Å²) in [4.78, 5) is 26.2. The van der Waals surface area contributed by atoms with Gasteiger partial charge in [-0.15, -0.1) is 0 Å². The summed E-state index contributed by atoms with van der Waals surface area (Å²) in [6.45, 7) is 10.4. The highest BCUT2D eigenvalue weighted by Crippen LogP contribution is 2.34. The lowest BCUT2D eigenvalue weighted by Gasteiger charge is -2.19. The van der Waals surface area contributed by atoms with E-state index in [1.54, 1.807) is 6.08 Å². The largest absolute Gasteiger partial charge is 0.293 e. The summed E-state index contributed by atoms with van der Waals surface area (Å²) in [5, 5.41) is -0.170. The summed E-state index contributed by atoms with van der Waals surface area (Å²) >= 11 is 1.03. The first-order valence-electron chi connectivity index (χ1n) is 7.61. The van der Waals surface area contributed by atoms with E-state index in [0.717, 1.165) is 23.7 Å². The second kappa shape index (κ2) is 6.29. The third kappa shape index (κ3) is 3.43. The van der Waals surface area contributed by atoms with Gasteiger partial charge in [-0.05, 0) is 47.7 Å². The quantitative estimate of drug-likeness (QED) is 0.750. The number of amides is 2. The molecule has 118 valence electrons. The van der Waals surface area contributed by atoms with Crippen LogP contribution in [0.4, 0.5) is 4.79 Å². The zero-order valence-electron chi connectivity index (χ0n) is 13.8. The summed E-state index contributed by atoms with van der Waals surface area (Å²) in [6, 6.07) is 8.09. The minimum Gasteiger partial charge on any atom is -0.268 e. The van der Waals surface area contributed by atoms with Crippen molar-refractivity contribution >= 4 is 29.0 Å². The lowest BCUT2D eigenvalue weighted by Crippen LogP contribution is -2.36. The molecule has 0 aromatic heterocycles. The first-order valence-corrected chi connectivity index (χ1v) is 8.43. The van der Waals surface area contributed by atoms with Crippen molar-refractivity contribution in [1.82, 2.24) is 4.90 Å². The zero-order valence-corrected chi connectivity index (χ0v) is 14.7. The molecule has 1 atom stereocenters. The predicted molar refractivity (Wildman–Crippen MR) is 92.7 cm³/mol. The topological polar surface area (TPSA) is 37.4 Å². The maximum absolute atomic E-state index is 12.4. The van der Waals surface area contributed by atoms with Gasteiger partial charge in [-0.3, -0.25) is 14.5 Å². The standard InChI is InChI=1S/C18H23NO2S/c1-6-12(2)19-16(20)15(22-17(19)21)11-13-7-9-14(10-8-13)18(3,4)5/h7-12H,6H2,1-5H3/b15-11+/t12-/m0/s1. The van der Waals surface area contributed by atoms with Gasteiger partial charge >= 0.3 is 0 Å². The van der Waals surface area contributed by atoms with Gasteiger partial charge in [-0.1, -0.05) is 52.0 Å². The van der Waals surface area contributed by atoms with Crippen LogP contribution in [0.1, 0.15) is 52.2 Å². The molecule has 3 nitrogen and oxygen atoms in total. The van der Waals surface area contributed by atoms with Crippen molar-refractivity contribution < 1.29 is 9.59 Å². The van der Waals surface area contributed by atoms with E-state index in [9.17, 15) is 9.59 Å². The smallest absolute Gasteiger partial charge is 0.268 e. The molecule has 1 aliphatic heterocycles. The Kier molecular flexibility index (Phi) is 4.81. The Hall–Kier alpha value is -1.55. The molecule has 0 saturated carbocycles. The van der Waals surface area contributed by atoms with E-state index in [4.69, 9.17) is 0 Å². The number of benzene rings is 1.